The van der Waals surface area contributed by atoms with Crippen LogP contribution in [0.15, 0.2) is 24.3 Å². The normalized spacial score (nSPS) is 21.2. The van der Waals surface area contributed by atoms with Crippen molar-refractivity contribution in [3.8, 4) is 5.75 Å². The van der Waals surface area contributed by atoms with Crippen LogP contribution in [0.1, 0.15) is 36.0 Å². The van der Waals surface area contributed by atoms with E-state index in [9.17, 15) is 13.2 Å². The van der Waals surface area contributed by atoms with Crippen molar-refractivity contribution >= 4 is 16.1 Å². The summed E-state index contributed by atoms with van der Waals surface area (Å²) in [6.45, 7) is 0.901. The van der Waals surface area contributed by atoms with Crippen molar-refractivity contribution in [2.24, 2.45) is 11.8 Å². The highest BCUT2D eigenvalue weighted by molar-refractivity contribution is 7.85. The number of hydrogen-bond acceptors (Lipinski definition) is 6. The summed E-state index contributed by atoms with van der Waals surface area (Å²) >= 11 is 0. The van der Waals surface area contributed by atoms with Gasteiger partial charge in [0.05, 0.1) is 32.1 Å². The molecule has 6 nitrogen and oxygen atoms in total. The Hall–Kier alpha value is -1.60. The van der Waals surface area contributed by atoms with Crippen molar-refractivity contribution in [2.75, 3.05) is 26.6 Å². The van der Waals surface area contributed by atoms with Gasteiger partial charge in [0, 0.05) is 0 Å². The lowest BCUT2D eigenvalue weighted by Crippen LogP contribution is -2.23. The predicted octanol–water partition coefficient (Wildman–Crippen LogP) is 2.63. The number of esters is 1. The Balaban J connectivity index is 1.71. The van der Waals surface area contributed by atoms with Gasteiger partial charge in [-0.1, -0.05) is 0 Å². The van der Waals surface area contributed by atoms with Gasteiger partial charge >= 0.3 is 5.97 Å². The second-order valence-corrected chi connectivity index (χ2v) is 7.85. The number of carbonyl (C=O) groups excluding carboxylic acids is 1. The van der Waals surface area contributed by atoms with Gasteiger partial charge in [0.15, 0.2) is 0 Å². The zero-order chi connectivity index (χ0) is 17.6. The number of benzene rings is 1. The van der Waals surface area contributed by atoms with Crippen LogP contribution in [-0.4, -0.2) is 41.0 Å². The fourth-order valence-corrected chi connectivity index (χ4v) is 3.24. The van der Waals surface area contributed by atoms with E-state index in [1.54, 1.807) is 24.3 Å². The topological polar surface area (TPSA) is 78.9 Å². The van der Waals surface area contributed by atoms with Gasteiger partial charge in [0.1, 0.15) is 5.75 Å². The minimum atomic E-state index is -3.35. The molecular weight excluding hydrogens is 332 g/mol. The molecule has 0 spiro atoms. The second-order valence-electron chi connectivity index (χ2n) is 6.20. The van der Waals surface area contributed by atoms with Gasteiger partial charge in [0.25, 0.3) is 10.1 Å². The molecule has 134 valence electrons. The van der Waals surface area contributed by atoms with Crippen LogP contribution in [0.2, 0.25) is 0 Å². The summed E-state index contributed by atoms with van der Waals surface area (Å²) in [7, 11) is -2.00. The number of methoxy groups -OCH3 is 1. The van der Waals surface area contributed by atoms with Gasteiger partial charge in [-0.05, 0) is 61.8 Å². The van der Waals surface area contributed by atoms with Crippen molar-refractivity contribution < 1.29 is 26.9 Å². The molecule has 1 aliphatic carbocycles. The number of rotatable bonds is 7. The van der Waals surface area contributed by atoms with Crippen LogP contribution in [0.3, 0.4) is 0 Å². The molecule has 0 aliphatic heterocycles. The Morgan fingerprint density at radius 1 is 1.04 bits per heavy atom. The summed E-state index contributed by atoms with van der Waals surface area (Å²) in [4.78, 5) is 11.4. The van der Waals surface area contributed by atoms with Crippen LogP contribution in [-0.2, 0) is 19.0 Å². The summed E-state index contributed by atoms with van der Waals surface area (Å²) < 4.78 is 37.3. The van der Waals surface area contributed by atoms with Crippen molar-refractivity contribution in [2.45, 2.75) is 25.7 Å². The molecule has 0 amide bonds. The molecule has 7 heteroatoms. The number of hydrogen-bond donors (Lipinski definition) is 0. The minimum absolute atomic E-state index is 0.279. The first-order chi connectivity index (χ1) is 11.4. The molecular formula is C17H24O6S. The molecule has 1 fully saturated rings. The van der Waals surface area contributed by atoms with Gasteiger partial charge in [-0.25, -0.2) is 4.79 Å². The first-order valence-corrected chi connectivity index (χ1v) is 9.84. The zero-order valence-corrected chi connectivity index (χ0v) is 14.9. The van der Waals surface area contributed by atoms with Crippen molar-refractivity contribution in [3.63, 3.8) is 0 Å². The fourth-order valence-electron chi connectivity index (χ4n) is 2.80. The van der Waals surface area contributed by atoms with Gasteiger partial charge < -0.3 is 9.47 Å². The van der Waals surface area contributed by atoms with E-state index in [0.717, 1.165) is 37.7 Å². The third-order valence-electron chi connectivity index (χ3n) is 4.25. The van der Waals surface area contributed by atoms with E-state index in [1.165, 1.54) is 7.11 Å². The molecule has 0 bridgehead atoms. The molecule has 2 rings (SSSR count). The van der Waals surface area contributed by atoms with Gasteiger partial charge in [-0.3, -0.25) is 4.18 Å². The molecule has 0 N–H and O–H groups in total. The third kappa shape index (κ3) is 6.13. The molecule has 0 saturated heterocycles. The minimum Gasteiger partial charge on any atom is -0.493 e. The summed E-state index contributed by atoms with van der Waals surface area (Å²) in [5, 5.41) is 0. The molecule has 1 aromatic rings. The number of carbonyl (C=O) groups is 1. The molecule has 1 aliphatic rings. The maximum atomic E-state index is 11.4. The van der Waals surface area contributed by atoms with Crippen LogP contribution >= 0.6 is 0 Å². The quantitative estimate of drug-likeness (QED) is 0.552. The maximum absolute atomic E-state index is 11.4. The van der Waals surface area contributed by atoms with E-state index < -0.39 is 10.1 Å². The smallest absolute Gasteiger partial charge is 0.337 e. The average Bonchev–Trinajstić information content (AvgIpc) is 2.58. The van der Waals surface area contributed by atoms with Crippen molar-refractivity contribution in [1.82, 2.24) is 0 Å². The lowest BCUT2D eigenvalue weighted by molar-refractivity contribution is 0.0600. The van der Waals surface area contributed by atoms with Crippen LogP contribution in [0.25, 0.3) is 0 Å². The summed E-state index contributed by atoms with van der Waals surface area (Å²) in [6, 6.07) is 6.89. The first kappa shape index (κ1) is 18.7. The Kier molecular flexibility index (Phi) is 6.62. The first-order valence-electron chi connectivity index (χ1n) is 8.03. The zero-order valence-electron chi connectivity index (χ0n) is 14.1. The summed E-state index contributed by atoms with van der Waals surface area (Å²) in [5.74, 6) is 1.12. The van der Waals surface area contributed by atoms with E-state index >= 15 is 0 Å². The SMILES string of the molecule is COC(=O)c1ccc(OCC2CCC(COS(C)(=O)=O)CC2)cc1. The molecule has 1 aromatic carbocycles. The van der Waals surface area contributed by atoms with E-state index in [1.807, 2.05) is 0 Å². The van der Waals surface area contributed by atoms with Crippen molar-refractivity contribution in [3.05, 3.63) is 29.8 Å². The molecule has 0 aromatic heterocycles. The Morgan fingerprint density at radius 2 is 1.58 bits per heavy atom. The molecule has 0 heterocycles. The lowest BCUT2D eigenvalue weighted by Gasteiger charge is -2.27. The van der Waals surface area contributed by atoms with E-state index in [4.69, 9.17) is 8.92 Å². The van der Waals surface area contributed by atoms with Crippen LogP contribution in [0.4, 0.5) is 0 Å². The highest BCUT2D eigenvalue weighted by Gasteiger charge is 2.23. The second kappa shape index (κ2) is 8.48. The van der Waals surface area contributed by atoms with Crippen LogP contribution in [0.5, 0.6) is 5.75 Å². The van der Waals surface area contributed by atoms with Gasteiger partial charge in [-0.15, -0.1) is 0 Å². The molecule has 0 atom stereocenters. The lowest BCUT2D eigenvalue weighted by atomic mass is 9.83. The summed E-state index contributed by atoms with van der Waals surface area (Å²) in [5.41, 5.74) is 0.497. The average molecular weight is 356 g/mol. The standard InChI is InChI=1S/C17H24O6S/c1-21-17(18)15-7-9-16(10-8-15)22-11-13-3-5-14(6-4-13)12-23-24(2,19)20/h7-10,13-14H,3-6,11-12H2,1-2H3. The number of ether oxygens (including phenoxy) is 2. The Morgan fingerprint density at radius 3 is 2.08 bits per heavy atom. The van der Waals surface area contributed by atoms with E-state index in [2.05, 4.69) is 4.74 Å². The monoisotopic (exact) mass is 356 g/mol. The molecule has 0 radical (unpaired) electrons. The van der Waals surface area contributed by atoms with Crippen LogP contribution in [0, 0.1) is 11.8 Å². The van der Waals surface area contributed by atoms with E-state index in [0.29, 0.717) is 24.0 Å². The molecule has 0 unspecified atom stereocenters. The maximum Gasteiger partial charge on any atom is 0.337 e. The van der Waals surface area contributed by atoms with Crippen molar-refractivity contribution in [1.29, 1.82) is 0 Å². The van der Waals surface area contributed by atoms with E-state index in [-0.39, 0.29) is 12.6 Å². The highest BCUT2D eigenvalue weighted by Crippen LogP contribution is 2.29. The fraction of sp³-hybridized carbons (Fsp3) is 0.588. The van der Waals surface area contributed by atoms with Gasteiger partial charge in [-0.2, -0.15) is 8.42 Å². The predicted molar refractivity (Wildman–Crippen MR) is 89.5 cm³/mol. The Labute approximate surface area is 143 Å². The summed E-state index contributed by atoms with van der Waals surface area (Å²) in [6.07, 6.45) is 4.98. The highest BCUT2D eigenvalue weighted by atomic mass is 32.2. The molecule has 1 saturated carbocycles. The Bertz CT molecular complexity index is 630. The van der Waals surface area contributed by atoms with Crippen LogP contribution < -0.4 is 4.74 Å². The largest absolute Gasteiger partial charge is 0.493 e. The molecule has 24 heavy (non-hydrogen) atoms. The third-order valence-corrected chi connectivity index (χ3v) is 4.81. The van der Waals surface area contributed by atoms with Gasteiger partial charge in [0.2, 0.25) is 0 Å².